The lowest BCUT2D eigenvalue weighted by Gasteiger charge is -2.22. The summed E-state index contributed by atoms with van der Waals surface area (Å²) >= 11 is 0. The Balaban J connectivity index is 1.90. The van der Waals surface area contributed by atoms with Crippen LogP contribution in [0, 0.1) is 20.8 Å². The molecule has 1 amide bonds. The summed E-state index contributed by atoms with van der Waals surface area (Å²) in [6.07, 6.45) is 0.435. The van der Waals surface area contributed by atoms with E-state index in [0.29, 0.717) is 13.0 Å². The zero-order valence-corrected chi connectivity index (χ0v) is 16.6. The van der Waals surface area contributed by atoms with Crippen molar-refractivity contribution in [3.05, 3.63) is 53.1 Å². The number of hydrogen-bond acceptors (Lipinski definition) is 3. The summed E-state index contributed by atoms with van der Waals surface area (Å²) in [6, 6.07) is 12.5. The van der Waals surface area contributed by atoms with Gasteiger partial charge < -0.3 is 15.5 Å². The Hall–Kier alpha value is -2.49. The highest BCUT2D eigenvalue weighted by molar-refractivity contribution is 5.92. The third kappa shape index (κ3) is 5.25. The second-order valence-electron chi connectivity index (χ2n) is 6.71. The molecule has 0 radical (unpaired) electrons. The highest BCUT2D eigenvalue weighted by Gasteiger charge is 2.08. The monoisotopic (exact) mass is 353 g/mol. The van der Waals surface area contributed by atoms with Gasteiger partial charge in [0, 0.05) is 43.1 Å². The van der Waals surface area contributed by atoms with Crippen molar-refractivity contribution in [2.75, 3.05) is 35.2 Å². The summed E-state index contributed by atoms with van der Waals surface area (Å²) in [5.41, 5.74) is 6.67. The Kier molecular flexibility index (Phi) is 7.07. The summed E-state index contributed by atoms with van der Waals surface area (Å²) in [5.74, 6) is 0.0292. The first-order chi connectivity index (χ1) is 12.4. The molecule has 0 saturated heterocycles. The number of rotatable bonds is 8. The lowest BCUT2D eigenvalue weighted by molar-refractivity contribution is -0.115. The van der Waals surface area contributed by atoms with Crippen LogP contribution in [0.5, 0.6) is 0 Å². The van der Waals surface area contributed by atoms with Crippen LogP contribution in [0.25, 0.3) is 0 Å². The summed E-state index contributed by atoms with van der Waals surface area (Å²) < 4.78 is 0. The Morgan fingerprint density at radius 2 is 1.65 bits per heavy atom. The minimum atomic E-state index is 0.0292. The molecule has 0 spiro atoms. The predicted molar refractivity (Wildman–Crippen MR) is 112 cm³/mol. The van der Waals surface area contributed by atoms with E-state index in [-0.39, 0.29) is 5.91 Å². The van der Waals surface area contributed by atoms with Gasteiger partial charge in [0.05, 0.1) is 0 Å². The first-order valence-corrected chi connectivity index (χ1v) is 9.41. The lowest BCUT2D eigenvalue weighted by atomic mass is 10.1. The molecular weight excluding hydrogens is 322 g/mol. The van der Waals surface area contributed by atoms with Gasteiger partial charge in [0.1, 0.15) is 0 Å². The lowest BCUT2D eigenvalue weighted by Crippen LogP contribution is -2.22. The second kappa shape index (κ2) is 9.27. The minimum Gasteiger partial charge on any atom is -0.384 e. The smallest absolute Gasteiger partial charge is 0.226 e. The Labute approximate surface area is 157 Å². The maximum Gasteiger partial charge on any atom is 0.226 e. The topological polar surface area (TPSA) is 44.4 Å². The average molecular weight is 354 g/mol. The fourth-order valence-electron chi connectivity index (χ4n) is 3.02. The standard InChI is InChI=1S/C22H31N3O/c1-6-25(7-2)19-10-11-20(18(5)15-19)24-22(26)12-13-23-21-14-16(3)8-9-17(21)4/h8-11,14-15,23H,6-7,12-13H2,1-5H3,(H,24,26). The number of nitrogens with one attached hydrogen (secondary N) is 2. The number of amides is 1. The van der Waals surface area contributed by atoms with Gasteiger partial charge >= 0.3 is 0 Å². The van der Waals surface area contributed by atoms with Crippen LogP contribution in [-0.4, -0.2) is 25.5 Å². The predicted octanol–water partition coefficient (Wildman–Crippen LogP) is 4.90. The first kappa shape index (κ1) is 19.8. The molecule has 0 atom stereocenters. The molecule has 0 saturated carbocycles. The molecular formula is C22H31N3O. The van der Waals surface area contributed by atoms with E-state index in [1.807, 2.05) is 13.0 Å². The Morgan fingerprint density at radius 1 is 0.923 bits per heavy atom. The molecule has 2 rings (SSSR count). The summed E-state index contributed by atoms with van der Waals surface area (Å²) in [7, 11) is 0. The molecule has 4 nitrogen and oxygen atoms in total. The molecule has 2 aromatic rings. The number of carbonyl (C=O) groups is 1. The van der Waals surface area contributed by atoms with E-state index in [0.717, 1.165) is 30.0 Å². The van der Waals surface area contributed by atoms with Crippen LogP contribution >= 0.6 is 0 Å². The Morgan fingerprint density at radius 3 is 2.31 bits per heavy atom. The minimum absolute atomic E-state index is 0.0292. The molecule has 4 heteroatoms. The fraction of sp³-hybridized carbons (Fsp3) is 0.409. The van der Waals surface area contributed by atoms with Crippen LogP contribution in [0.1, 0.15) is 37.0 Å². The van der Waals surface area contributed by atoms with Gasteiger partial charge in [0.2, 0.25) is 5.91 Å². The molecule has 0 aliphatic heterocycles. The Bertz CT molecular complexity index is 751. The van der Waals surface area contributed by atoms with Crippen molar-refractivity contribution in [1.82, 2.24) is 0 Å². The van der Waals surface area contributed by atoms with E-state index in [1.165, 1.54) is 16.8 Å². The summed E-state index contributed by atoms with van der Waals surface area (Å²) in [5, 5.41) is 6.38. The number of hydrogen-bond donors (Lipinski definition) is 2. The molecule has 2 N–H and O–H groups in total. The quantitative estimate of drug-likeness (QED) is 0.709. The van der Waals surface area contributed by atoms with Crippen LogP contribution in [-0.2, 0) is 4.79 Å². The summed E-state index contributed by atoms with van der Waals surface area (Å²) in [4.78, 5) is 14.6. The molecule has 26 heavy (non-hydrogen) atoms. The number of benzene rings is 2. The van der Waals surface area contributed by atoms with Crippen molar-refractivity contribution in [2.24, 2.45) is 0 Å². The third-order valence-corrected chi connectivity index (χ3v) is 4.67. The van der Waals surface area contributed by atoms with Crippen LogP contribution in [0.4, 0.5) is 17.1 Å². The molecule has 0 fully saturated rings. The molecule has 0 aliphatic carbocycles. The normalized spacial score (nSPS) is 10.5. The van der Waals surface area contributed by atoms with Crippen molar-refractivity contribution < 1.29 is 4.79 Å². The maximum absolute atomic E-state index is 12.3. The van der Waals surface area contributed by atoms with Crippen LogP contribution in [0.3, 0.4) is 0 Å². The highest BCUT2D eigenvalue weighted by Crippen LogP contribution is 2.23. The molecule has 140 valence electrons. The van der Waals surface area contributed by atoms with Crippen molar-refractivity contribution in [2.45, 2.75) is 41.0 Å². The maximum atomic E-state index is 12.3. The van der Waals surface area contributed by atoms with Gasteiger partial charge in [-0.1, -0.05) is 12.1 Å². The summed E-state index contributed by atoms with van der Waals surface area (Å²) in [6.45, 7) is 13.1. The number of anilines is 3. The zero-order chi connectivity index (χ0) is 19.1. The number of carbonyl (C=O) groups excluding carboxylic acids is 1. The SMILES string of the molecule is CCN(CC)c1ccc(NC(=O)CCNc2cc(C)ccc2C)c(C)c1. The van der Waals surface area contributed by atoms with Gasteiger partial charge in [0.25, 0.3) is 0 Å². The number of aryl methyl sites for hydroxylation is 3. The third-order valence-electron chi connectivity index (χ3n) is 4.67. The van der Waals surface area contributed by atoms with Gasteiger partial charge in [-0.3, -0.25) is 4.79 Å². The van der Waals surface area contributed by atoms with Gasteiger partial charge in [-0.15, -0.1) is 0 Å². The molecule has 0 heterocycles. The van der Waals surface area contributed by atoms with Crippen molar-refractivity contribution >= 4 is 23.0 Å². The molecule has 0 unspecified atom stereocenters. The van der Waals surface area contributed by atoms with E-state index in [1.54, 1.807) is 0 Å². The van der Waals surface area contributed by atoms with Crippen molar-refractivity contribution in [1.29, 1.82) is 0 Å². The molecule has 0 bridgehead atoms. The second-order valence-corrected chi connectivity index (χ2v) is 6.71. The van der Waals surface area contributed by atoms with Crippen molar-refractivity contribution in [3.8, 4) is 0 Å². The fourth-order valence-corrected chi connectivity index (χ4v) is 3.02. The van der Waals surface area contributed by atoms with Gasteiger partial charge in [-0.05, 0) is 75.6 Å². The van der Waals surface area contributed by atoms with Crippen molar-refractivity contribution in [3.63, 3.8) is 0 Å². The number of nitrogens with zero attached hydrogens (tertiary/aromatic N) is 1. The zero-order valence-electron chi connectivity index (χ0n) is 16.6. The molecule has 0 aliphatic rings. The molecule has 0 aromatic heterocycles. The van der Waals surface area contributed by atoms with Crippen LogP contribution in [0.2, 0.25) is 0 Å². The van der Waals surface area contributed by atoms with E-state index in [9.17, 15) is 4.79 Å². The van der Waals surface area contributed by atoms with Gasteiger partial charge in [-0.2, -0.15) is 0 Å². The largest absolute Gasteiger partial charge is 0.384 e. The van der Waals surface area contributed by atoms with Crippen LogP contribution in [0.15, 0.2) is 36.4 Å². The van der Waals surface area contributed by atoms with Gasteiger partial charge in [0.15, 0.2) is 0 Å². The highest BCUT2D eigenvalue weighted by atomic mass is 16.1. The molecule has 2 aromatic carbocycles. The van der Waals surface area contributed by atoms with E-state index < -0.39 is 0 Å². The van der Waals surface area contributed by atoms with E-state index in [4.69, 9.17) is 0 Å². The van der Waals surface area contributed by atoms with Gasteiger partial charge in [-0.25, -0.2) is 0 Å². The van der Waals surface area contributed by atoms with E-state index in [2.05, 4.69) is 73.6 Å². The van der Waals surface area contributed by atoms with Crippen LogP contribution < -0.4 is 15.5 Å². The first-order valence-electron chi connectivity index (χ1n) is 9.41. The van der Waals surface area contributed by atoms with E-state index >= 15 is 0 Å². The average Bonchev–Trinajstić information content (AvgIpc) is 2.61.